The van der Waals surface area contributed by atoms with Crippen molar-refractivity contribution in [1.82, 2.24) is 24.6 Å². The minimum absolute atomic E-state index is 0.0424. The minimum Gasteiger partial charge on any atom is -0.256 e. The average Bonchev–Trinajstić information content (AvgIpc) is 3.18. The Morgan fingerprint density at radius 1 is 1.00 bits per heavy atom. The molecule has 0 fully saturated rings. The van der Waals surface area contributed by atoms with E-state index in [1.165, 1.54) is 6.07 Å². The summed E-state index contributed by atoms with van der Waals surface area (Å²) in [6.07, 6.45) is 5.19. The van der Waals surface area contributed by atoms with E-state index in [1.54, 1.807) is 35.2 Å². The zero-order chi connectivity index (χ0) is 20.0. The topological polar surface area (TPSA) is 56.0 Å². The van der Waals surface area contributed by atoms with Gasteiger partial charge in [0.15, 0.2) is 0 Å². The van der Waals surface area contributed by atoms with Crippen LogP contribution in [-0.4, -0.2) is 24.6 Å². The third-order valence-electron chi connectivity index (χ3n) is 5.04. The van der Waals surface area contributed by atoms with Gasteiger partial charge in [0.2, 0.25) is 0 Å². The fraction of sp³-hybridized carbons (Fsp3) is 0.0909. The van der Waals surface area contributed by atoms with Gasteiger partial charge in [0, 0.05) is 23.1 Å². The second-order valence-electron chi connectivity index (χ2n) is 6.84. The molecule has 0 spiro atoms. The molecule has 0 amide bonds. The van der Waals surface area contributed by atoms with Gasteiger partial charge in [-0.2, -0.15) is 5.10 Å². The first-order valence-electron chi connectivity index (χ1n) is 9.11. The highest BCUT2D eigenvalue weighted by Gasteiger charge is 2.17. The molecule has 29 heavy (non-hydrogen) atoms. The monoisotopic (exact) mass is 447 g/mol. The van der Waals surface area contributed by atoms with Gasteiger partial charge in [0.25, 0.3) is 5.78 Å². The second kappa shape index (κ2) is 7.00. The van der Waals surface area contributed by atoms with Crippen molar-refractivity contribution < 1.29 is 4.39 Å². The van der Waals surface area contributed by atoms with E-state index in [9.17, 15) is 4.39 Å². The number of hydrogen-bond donors (Lipinski definition) is 0. The van der Waals surface area contributed by atoms with Crippen molar-refractivity contribution in [3.63, 3.8) is 0 Å². The third kappa shape index (κ3) is 3.17. The Labute approximate surface area is 174 Å². The van der Waals surface area contributed by atoms with Crippen LogP contribution in [0.3, 0.4) is 0 Å². The van der Waals surface area contributed by atoms with Crippen LogP contribution in [0.5, 0.6) is 0 Å². The van der Waals surface area contributed by atoms with Crippen LogP contribution in [0.1, 0.15) is 24.1 Å². The lowest BCUT2D eigenvalue weighted by Crippen LogP contribution is -2.05. The van der Waals surface area contributed by atoms with Gasteiger partial charge in [0.05, 0.1) is 28.1 Å². The third-order valence-corrected chi connectivity index (χ3v) is 5.69. The highest BCUT2D eigenvalue weighted by atomic mass is 79.9. The van der Waals surface area contributed by atoms with Crippen LogP contribution in [0.15, 0.2) is 71.6 Å². The van der Waals surface area contributed by atoms with Gasteiger partial charge in [-0.15, -0.1) is 0 Å². The van der Waals surface area contributed by atoms with Crippen molar-refractivity contribution in [2.24, 2.45) is 0 Å². The van der Waals surface area contributed by atoms with Crippen molar-refractivity contribution >= 4 is 32.6 Å². The summed E-state index contributed by atoms with van der Waals surface area (Å²) in [6, 6.07) is 15.1. The van der Waals surface area contributed by atoms with Crippen molar-refractivity contribution in [1.29, 1.82) is 0 Å². The predicted molar refractivity (Wildman–Crippen MR) is 113 cm³/mol. The molecule has 7 heteroatoms. The van der Waals surface area contributed by atoms with Gasteiger partial charge in [-0.25, -0.2) is 18.9 Å². The van der Waals surface area contributed by atoms with Gasteiger partial charge >= 0.3 is 0 Å². The SMILES string of the molecule is CC(c1ccc2ncccc2c1)c1cnc2ncc(-c3ccc(Br)c(F)c3)nn12. The van der Waals surface area contributed by atoms with Gasteiger partial charge in [0.1, 0.15) is 11.5 Å². The summed E-state index contributed by atoms with van der Waals surface area (Å²) in [5.74, 6) is 0.213. The fourth-order valence-corrected chi connectivity index (χ4v) is 3.66. The largest absolute Gasteiger partial charge is 0.256 e. The van der Waals surface area contributed by atoms with Crippen LogP contribution in [0.2, 0.25) is 0 Å². The van der Waals surface area contributed by atoms with E-state index in [1.807, 2.05) is 18.2 Å². The fourth-order valence-electron chi connectivity index (χ4n) is 3.41. The van der Waals surface area contributed by atoms with E-state index >= 15 is 0 Å². The normalized spacial score (nSPS) is 12.5. The molecule has 5 aromatic rings. The molecule has 1 unspecified atom stereocenters. The van der Waals surface area contributed by atoms with Crippen molar-refractivity contribution in [3.05, 3.63) is 88.7 Å². The van der Waals surface area contributed by atoms with Crippen LogP contribution in [0.4, 0.5) is 4.39 Å². The summed E-state index contributed by atoms with van der Waals surface area (Å²) >= 11 is 3.18. The van der Waals surface area contributed by atoms with Crippen LogP contribution < -0.4 is 0 Å². The lowest BCUT2D eigenvalue weighted by Gasteiger charge is -2.12. The van der Waals surface area contributed by atoms with Crippen LogP contribution in [0, 0.1) is 5.82 Å². The molecule has 2 aromatic carbocycles. The molecular weight excluding hydrogens is 433 g/mol. The Balaban J connectivity index is 1.59. The number of benzene rings is 2. The Morgan fingerprint density at radius 3 is 2.72 bits per heavy atom. The summed E-state index contributed by atoms with van der Waals surface area (Å²) < 4.78 is 16.1. The highest BCUT2D eigenvalue weighted by molar-refractivity contribution is 9.10. The summed E-state index contributed by atoms with van der Waals surface area (Å²) in [6.45, 7) is 2.11. The number of imidazole rings is 1. The molecule has 1 atom stereocenters. The van der Waals surface area contributed by atoms with Gasteiger partial charge in [-0.1, -0.05) is 25.1 Å². The number of fused-ring (bicyclic) bond motifs is 2. The Hall–Kier alpha value is -3.19. The van der Waals surface area contributed by atoms with Crippen LogP contribution in [-0.2, 0) is 0 Å². The van der Waals surface area contributed by atoms with Crippen LogP contribution in [0.25, 0.3) is 27.9 Å². The van der Waals surface area contributed by atoms with E-state index < -0.39 is 0 Å². The van der Waals surface area contributed by atoms with Gasteiger partial charge in [-0.05, 0) is 51.8 Å². The Kier molecular flexibility index (Phi) is 4.32. The molecule has 0 bridgehead atoms. The first-order valence-corrected chi connectivity index (χ1v) is 9.90. The highest BCUT2D eigenvalue weighted by Crippen LogP contribution is 2.28. The number of rotatable bonds is 3. The molecule has 5 nitrogen and oxygen atoms in total. The number of pyridine rings is 1. The molecule has 0 aliphatic carbocycles. The smallest absolute Gasteiger partial charge is 0.250 e. The molecule has 0 saturated heterocycles. The minimum atomic E-state index is -0.339. The first kappa shape index (κ1) is 17.9. The molecule has 3 aromatic heterocycles. The quantitative estimate of drug-likeness (QED) is 0.371. The maximum Gasteiger partial charge on any atom is 0.250 e. The van der Waals surface area contributed by atoms with E-state index in [-0.39, 0.29) is 11.7 Å². The summed E-state index contributed by atoms with van der Waals surface area (Å²) in [7, 11) is 0. The second-order valence-corrected chi connectivity index (χ2v) is 7.70. The van der Waals surface area contributed by atoms with Crippen molar-refractivity contribution in [2.45, 2.75) is 12.8 Å². The zero-order valence-corrected chi connectivity index (χ0v) is 17.0. The van der Waals surface area contributed by atoms with Gasteiger partial charge in [-0.3, -0.25) is 4.98 Å². The number of aromatic nitrogens is 5. The maximum absolute atomic E-state index is 14.0. The standard InChI is InChI=1S/C22H15BrFN5/c1-13(14-5-7-19-15(9-14)3-2-8-25-19)21-12-27-22-26-11-20(28-29(21)22)16-4-6-17(23)18(24)10-16/h2-13H,1H3. The Morgan fingerprint density at radius 2 is 1.86 bits per heavy atom. The van der Waals surface area contributed by atoms with Crippen molar-refractivity contribution in [2.75, 3.05) is 0 Å². The van der Waals surface area contributed by atoms with E-state index in [0.717, 1.165) is 22.2 Å². The molecule has 0 aliphatic heterocycles. The molecule has 5 rings (SSSR count). The molecular formula is C22H15BrFN5. The van der Waals surface area contributed by atoms with E-state index in [2.05, 4.69) is 55.0 Å². The van der Waals surface area contributed by atoms with Crippen LogP contribution >= 0.6 is 15.9 Å². The number of hydrogen-bond acceptors (Lipinski definition) is 4. The molecule has 0 aliphatic rings. The summed E-state index contributed by atoms with van der Waals surface area (Å²) in [5.41, 5.74) is 4.24. The number of halogens is 2. The lowest BCUT2D eigenvalue weighted by molar-refractivity contribution is 0.621. The summed E-state index contributed by atoms with van der Waals surface area (Å²) in [5, 5.41) is 5.77. The molecule has 0 radical (unpaired) electrons. The average molecular weight is 448 g/mol. The van der Waals surface area contributed by atoms with Crippen molar-refractivity contribution in [3.8, 4) is 11.3 Å². The maximum atomic E-state index is 14.0. The van der Waals surface area contributed by atoms with E-state index in [0.29, 0.717) is 21.5 Å². The Bertz CT molecular complexity index is 1360. The first-order chi connectivity index (χ1) is 14.1. The molecule has 0 N–H and O–H groups in total. The molecule has 0 saturated carbocycles. The molecule has 3 heterocycles. The predicted octanol–water partition coefficient (Wildman–Crippen LogP) is 5.39. The van der Waals surface area contributed by atoms with Gasteiger partial charge < -0.3 is 0 Å². The lowest BCUT2D eigenvalue weighted by atomic mass is 9.97. The molecule has 142 valence electrons. The summed E-state index contributed by atoms with van der Waals surface area (Å²) in [4.78, 5) is 13.2. The number of nitrogens with zero attached hydrogens (tertiary/aromatic N) is 5. The van der Waals surface area contributed by atoms with E-state index in [4.69, 9.17) is 0 Å². The zero-order valence-electron chi connectivity index (χ0n) is 15.4.